The lowest BCUT2D eigenvalue weighted by molar-refractivity contribution is -0.123. The van der Waals surface area contributed by atoms with Crippen LogP contribution in [0.3, 0.4) is 0 Å². The number of fused-ring (bicyclic) bond motifs is 1. The molecule has 0 fully saturated rings. The van der Waals surface area contributed by atoms with Crippen LogP contribution in [0.25, 0.3) is 11.0 Å². The highest BCUT2D eigenvalue weighted by atomic mass is 16.6. The van der Waals surface area contributed by atoms with E-state index in [1.165, 1.54) is 6.92 Å². The van der Waals surface area contributed by atoms with Gasteiger partial charge in [0, 0.05) is 11.8 Å². The normalized spacial score (nSPS) is 11.4. The zero-order valence-corrected chi connectivity index (χ0v) is 14.3. The second kappa shape index (κ2) is 7.54. The second-order valence-electron chi connectivity index (χ2n) is 5.70. The zero-order chi connectivity index (χ0) is 19.4. The molecule has 0 saturated heterocycles. The molecule has 0 bridgehead atoms. The Hall–Kier alpha value is -3.92. The number of ether oxygens (including phenoxy) is 1. The number of para-hydroxylation sites is 1. The molecule has 3 aromatic rings. The van der Waals surface area contributed by atoms with Crippen LogP contribution in [0.2, 0.25) is 0 Å². The molecule has 3 rings (SSSR count). The maximum absolute atomic E-state index is 12.2. The van der Waals surface area contributed by atoms with Gasteiger partial charge in [0.1, 0.15) is 5.58 Å². The van der Waals surface area contributed by atoms with Gasteiger partial charge >= 0.3 is 5.97 Å². The van der Waals surface area contributed by atoms with E-state index < -0.39 is 18.0 Å². The number of anilines is 1. The lowest BCUT2D eigenvalue weighted by atomic mass is 10.2. The van der Waals surface area contributed by atoms with Gasteiger partial charge in [-0.2, -0.15) is 5.26 Å². The van der Waals surface area contributed by atoms with Gasteiger partial charge in [0.25, 0.3) is 5.91 Å². The number of nitrogens with zero attached hydrogens (tertiary/aromatic N) is 1. The molecule has 27 heavy (non-hydrogen) atoms. The summed E-state index contributed by atoms with van der Waals surface area (Å²) in [5, 5.41) is 11.7. The number of hydrogen-bond donors (Lipinski definition) is 1. The van der Waals surface area contributed by atoms with Crippen LogP contribution >= 0.6 is 0 Å². The topological polar surface area (TPSA) is 109 Å². The monoisotopic (exact) mass is 362 g/mol. The molecule has 1 amide bonds. The predicted octanol–water partition coefficient (Wildman–Crippen LogP) is 2.85. The first-order valence-corrected chi connectivity index (χ1v) is 8.03. The summed E-state index contributed by atoms with van der Waals surface area (Å²) in [6, 6.07) is 15.8. The van der Waals surface area contributed by atoms with Gasteiger partial charge in [-0.1, -0.05) is 12.1 Å². The number of benzene rings is 2. The number of carbonyl (C=O) groups excluding carboxylic acids is 2. The maximum atomic E-state index is 12.2. The Bertz CT molecular complexity index is 1110. The first kappa shape index (κ1) is 17.9. The molecular weight excluding hydrogens is 348 g/mol. The largest absolute Gasteiger partial charge is 0.449 e. The number of nitriles is 1. The highest BCUT2D eigenvalue weighted by Crippen LogP contribution is 2.14. The highest BCUT2D eigenvalue weighted by molar-refractivity contribution is 5.97. The summed E-state index contributed by atoms with van der Waals surface area (Å²) >= 11 is 0. The molecule has 0 unspecified atom stereocenters. The molecular formula is C20H14N2O5. The minimum atomic E-state index is -1.12. The van der Waals surface area contributed by atoms with Crippen molar-refractivity contribution in [2.24, 2.45) is 0 Å². The summed E-state index contributed by atoms with van der Waals surface area (Å²) in [6.45, 7) is 1.40. The molecule has 134 valence electrons. The third-order valence-corrected chi connectivity index (χ3v) is 3.77. The van der Waals surface area contributed by atoms with Crippen molar-refractivity contribution in [1.29, 1.82) is 5.26 Å². The quantitative estimate of drug-likeness (QED) is 0.715. The zero-order valence-electron chi connectivity index (χ0n) is 14.3. The van der Waals surface area contributed by atoms with Gasteiger partial charge in [-0.3, -0.25) is 9.59 Å². The maximum Gasteiger partial charge on any atom is 0.375 e. The van der Waals surface area contributed by atoms with Gasteiger partial charge in [0.15, 0.2) is 11.5 Å². The first-order valence-electron chi connectivity index (χ1n) is 8.03. The SMILES string of the molecule is C[C@H](OC(=O)c1cc(=O)c2ccccc2o1)C(=O)Nc1ccc(C#N)cc1. The van der Waals surface area contributed by atoms with Crippen LogP contribution in [-0.4, -0.2) is 18.0 Å². The van der Waals surface area contributed by atoms with E-state index in [1.807, 2.05) is 6.07 Å². The Balaban J connectivity index is 1.70. The molecule has 1 aromatic heterocycles. The van der Waals surface area contributed by atoms with Crippen molar-refractivity contribution in [2.45, 2.75) is 13.0 Å². The summed E-state index contributed by atoms with van der Waals surface area (Å²) < 4.78 is 10.5. The fourth-order valence-corrected chi connectivity index (χ4v) is 2.35. The van der Waals surface area contributed by atoms with E-state index in [0.717, 1.165) is 6.07 Å². The van der Waals surface area contributed by atoms with Crippen LogP contribution in [0.4, 0.5) is 5.69 Å². The number of amides is 1. The van der Waals surface area contributed by atoms with E-state index in [0.29, 0.717) is 16.6 Å². The molecule has 0 aliphatic heterocycles. The lowest BCUT2D eigenvalue weighted by Crippen LogP contribution is -2.30. The van der Waals surface area contributed by atoms with Gasteiger partial charge in [-0.05, 0) is 43.3 Å². The van der Waals surface area contributed by atoms with Gasteiger partial charge < -0.3 is 14.5 Å². The van der Waals surface area contributed by atoms with E-state index in [4.69, 9.17) is 14.4 Å². The molecule has 0 aliphatic carbocycles. The van der Waals surface area contributed by atoms with Crippen molar-refractivity contribution in [3.63, 3.8) is 0 Å². The summed E-state index contributed by atoms with van der Waals surface area (Å²) in [5.41, 5.74) is 0.795. The summed E-state index contributed by atoms with van der Waals surface area (Å²) in [5.74, 6) is -1.76. The van der Waals surface area contributed by atoms with Crippen LogP contribution in [0.15, 0.2) is 63.8 Å². The Labute approximate surface area is 153 Å². The van der Waals surface area contributed by atoms with Crippen molar-refractivity contribution in [3.8, 4) is 6.07 Å². The molecule has 1 heterocycles. The molecule has 7 heteroatoms. The number of nitrogens with one attached hydrogen (secondary N) is 1. The third-order valence-electron chi connectivity index (χ3n) is 3.77. The molecule has 2 aromatic carbocycles. The summed E-state index contributed by atoms with van der Waals surface area (Å²) in [7, 11) is 0. The number of rotatable bonds is 4. The standard InChI is InChI=1S/C20H14N2O5/c1-12(19(24)22-14-8-6-13(11-21)7-9-14)26-20(25)18-10-16(23)15-4-2-3-5-17(15)27-18/h2-10,12H,1H3,(H,22,24)/t12-/m0/s1. The van der Waals surface area contributed by atoms with E-state index in [1.54, 1.807) is 48.5 Å². The number of carbonyl (C=O) groups is 2. The van der Waals surface area contributed by atoms with Gasteiger partial charge in [-0.25, -0.2) is 4.79 Å². The van der Waals surface area contributed by atoms with Crippen LogP contribution in [0.5, 0.6) is 0 Å². The lowest BCUT2D eigenvalue weighted by Gasteiger charge is -2.13. The molecule has 7 nitrogen and oxygen atoms in total. The van der Waals surface area contributed by atoms with Crippen LogP contribution in [0, 0.1) is 11.3 Å². The van der Waals surface area contributed by atoms with Crippen LogP contribution in [0.1, 0.15) is 23.0 Å². The predicted molar refractivity (Wildman–Crippen MR) is 97.1 cm³/mol. The molecule has 1 N–H and O–H groups in total. The molecule has 0 spiro atoms. The van der Waals surface area contributed by atoms with E-state index >= 15 is 0 Å². The van der Waals surface area contributed by atoms with Crippen molar-refractivity contribution >= 4 is 28.5 Å². The average molecular weight is 362 g/mol. The van der Waals surface area contributed by atoms with Crippen LogP contribution < -0.4 is 10.7 Å². The second-order valence-corrected chi connectivity index (χ2v) is 5.70. The minimum absolute atomic E-state index is 0.256. The van der Waals surface area contributed by atoms with Gasteiger partial charge in [0.05, 0.1) is 17.0 Å². The molecule has 1 atom stereocenters. The van der Waals surface area contributed by atoms with Gasteiger partial charge in [-0.15, -0.1) is 0 Å². The number of esters is 1. The Morgan fingerprint density at radius 3 is 2.56 bits per heavy atom. The van der Waals surface area contributed by atoms with Crippen molar-refractivity contribution in [2.75, 3.05) is 5.32 Å². The first-order chi connectivity index (χ1) is 13.0. The summed E-state index contributed by atoms with van der Waals surface area (Å²) in [6.07, 6.45) is -1.12. The fraction of sp³-hybridized carbons (Fsp3) is 0.100. The molecule has 0 aliphatic rings. The van der Waals surface area contributed by atoms with Crippen molar-refractivity contribution < 1.29 is 18.7 Å². The summed E-state index contributed by atoms with van der Waals surface area (Å²) in [4.78, 5) is 36.4. The minimum Gasteiger partial charge on any atom is -0.449 e. The molecule has 0 radical (unpaired) electrons. The number of hydrogen-bond acceptors (Lipinski definition) is 6. The van der Waals surface area contributed by atoms with E-state index in [-0.39, 0.29) is 16.8 Å². The Morgan fingerprint density at radius 2 is 1.85 bits per heavy atom. The van der Waals surface area contributed by atoms with E-state index in [2.05, 4.69) is 5.32 Å². The van der Waals surface area contributed by atoms with Gasteiger partial charge in [0.2, 0.25) is 5.76 Å². The average Bonchev–Trinajstić information content (AvgIpc) is 2.68. The van der Waals surface area contributed by atoms with Crippen LogP contribution in [-0.2, 0) is 9.53 Å². The Morgan fingerprint density at radius 1 is 1.15 bits per heavy atom. The fourth-order valence-electron chi connectivity index (χ4n) is 2.35. The van der Waals surface area contributed by atoms with Crippen molar-refractivity contribution in [3.05, 3.63) is 76.1 Å². The highest BCUT2D eigenvalue weighted by Gasteiger charge is 2.21. The van der Waals surface area contributed by atoms with E-state index in [9.17, 15) is 14.4 Å². The Kier molecular flexibility index (Phi) is 4.99. The third kappa shape index (κ3) is 4.02. The smallest absolute Gasteiger partial charge is 0.375 e. The van der Waals surface area contributed by atoms with Crippen molar-refractivity contribution in [1.82, 2.24) is 0 Å². The molecule has 0 saturated carbocycles.